The second-order valence-corrected chi connectivity index (χ2v) is 9.89. The molecule has 2 aromatic carbocycles. The summed E-state index contributed by atoms with van der Waals surface area (Å²) < 4.78 is 0. The maximum atomic E-state index is 13.4. The van der Waals surface area contributed by atoms with E-state index in [1.165, 1.54) is 12.1 Å². The summed E-state index contributed by atoms with van der Waals surface area (Å²) in [6.45, 7) is 4.57. The quantitative estimate of drug-likeness (QED) is 0.523. The van der Waals surface area contributed by atoms with Gasteiger partial charge in [-0.15, -0.1) is 0 Å². The van der Waals surface area contributed by atoms with Crippen LogP contribution in [0.15, 0.2) is 42.5 Å². The molecule has 1 fully saturated rings. The van der Waals surface area contributed by atoms with Gasteiger partial charge in [-0.25, -0.2) is 0 Å². The zero-order valence-electron chi connectivity index (χ0n) is 19.1. The van der Waals surface area contributed by atoms with Crippen LogP contribution in [0.3, 0.4) is 0 Å². The molecule has 9 heteroatoms. The Labute approximate surface area is 214 Å². The monoisotopic (exact) mass is 523 g/mol. The van der Waals surface area contributed by atoms with Crippen LogP contribution in [0.1, 0.15) is 42.6 Å². The lowest BCUT2D eigenvalue weighted by Gasteiger charge is -2.30. The van der Waals surface area contributed by atoms with Crippen molar-refractivity contribution in [2.45, 2.75) is 45.2 Å². The number of nitrogens with zero attached hydrogens (tertiary/aromatic N) is 1. The highest BCUT2D eigenvalue weighted by Crippen LogP contribution is 2.23. The minimum absolute atomic E-state index is 0.188. The van der Waals surface area contributed by atoms with E-state index in [4.69, 9.17) is 34.8 Å². The Bertz CT molecular complexity index is 1060. The van der Waals surface area contributed by atoms with Crippen molar-refractivity contribution in [3.8, 4) is 0 Å². The van der Waals surface area contributed by atoms with E-state index in [9.17, 15) is 14.4 Å². The summed E-state index contributed by atoms with van der Waals surface area (Å²) in [6, 6.07) is 10.7. The molecule has 3 amide bonds. The molecule has 34 heavy (non-hydrogen) atoms. The average Bonchev–Trinajstić information content (AvgIpc) is 3.28. The fourth-order valence-electron chi connectivity index (χ4n) is 4.03. The number of nitrogens with one attached hydrogen (secondary N) is 2. The molecule has 1 aliphatic heterocycles. The van der Waals surface area contributed by atoms with Gasteiger partial charge < -0.3 is 15.5 Å². The highest BCUT2D eigenvalue weighted by molar-refractivity contribution is 6.36. The largest absolute Gasteiger partial charge is 0.354 e. The molecule has 182 valence electrons. The molecule has 2 aromatic rings. The molecule has 0 saturated carbocycles. The first-order valence-electron chi connectivity index (χ1n) is 11.3. The highest BCUT2D eigenvalue weighted by Gasteiger charge is 2.38. The van der Waals surface area contributed by atoms with Gasteiger partial charge >= 0.3 is 0 Å². The minimum atomic E-state index is -0.796. The van der Waals surface area contributed by atoms with Crippen LogP contribution in [0.2, 0.25) is 15.1 Å². The maximum absolute atomic E-state index is 13.4. The van der Waals surface area contributed by atoms with E-state index in [2.05, 4.69) is 10.6 Å². The molecule has 2 N–H and O–H groups in total. The normalized spacial score (nSPS) is 16.4. The number of rotatable bonds is 8. The van der Waals surface area contributed by atoms with E-state index in [1.807, 2.05) is 38.1 Å². The summed E-state index contributed by atoms with van der Waals surface area (Å²) in [5, 5.41) is 7.00. The molecule has 0 radical (unpaired) electrons. The summed E-state index contributed by atoms with van der Waals surface area (Å²) in [5.41, 5.74) is 1.19. The molecule has 3 rings (SSSR count). The van der Waals surface area contributed by atoms with E-state index >= 15 is 0 Å². The van der Waals surface area contributed by atoms with E-state index < -0.39 is 18.0 Å². The molecule has 1 aliphatic rings. The molecule has 1 heterocycles. The summed E-state index contributed by atoms with van der Waals surface area (Å²) in [4.78, 5) is 40.7. The van der Waals surface area contributed by atoms with Crippen LogP contribution in [0, 0.1) is 5.92 Å². The van der Waals surface area contributed by atoms with Crippen molar-refractivity contribution >= 4 is 52.5 Å². The van der Waals surface area contributed by atoms with E-state index in [0.717, 1.165) is 12.0 Å². The van der Waals surface area contributed by atoms with Crippen molar-refractivity contribution in [1.29, 1.82) is 0 Å². The van der Waals surface area contributed by atoms with Crippen LogP contribution in [0.25, 0.3) is 0 Å². The molecular weight excluding hydrogens is 497 g/mol. The third kappa shape index (κ3) is 6.44. The lowest BCUT2D eigenvalue weighted by molar-refractivity contribution is -0.140. The molecule has 0 aliphatic carbocycles. The summed E-state index contributed by atoms with van der Waals surface area (Å²) >= 11 is 18.3. The van der Waals surface area contributed by atoms with Gasteiger partial charge in [-0.05, 0) is 55.0 Å². The van der Waals surface area contributed by atoms with Gasteiger partial charge in [0.25, 0.3) is 5.91 Å². The first-order chi connectivity index (χ1) is 16.2. The van der Waals surface area contributed by atoms with Crippen molar-refractivity contribution in [2.75, 3.05) is 13.1 Å². The Morgan fingerprint density at radius 1 is 1.06 bits per heavy atom. The Balaban J connectivity index is 1.64. The molecule has 6 nitrogen and oxygen atoms in total. The van der Waals surface area contributed by atoms with Gasteiger partial charge in [0, 0.05) is 23.1 Å². The number of hydrogen-bond acceptors (Lipinski definition) is 3. The summed E-state index contributed by atoms with van der Waals surface area (Å²) in [7, 11) is 0. The van der Waals surface area contributed by atoms with E-state index in [-0.39, 0.29) is 28.3 Å². The zero-order valence-corrected chi connectivity index (χ0v) is 21.4. The van der Waals surface area contributed by atoms with Crippen molar-refractivity contribution in [2.24, 2.45) is 5.92 Å². The van der Waals surface area contributed by atoms with Crippen molar-refractivity contribution < 1.29 is 14.4 Å². The molecule has 0 aromatic heterocycles. The second kappa shape index (κ2) is 11.9. The van der Waals surface area contributed by atoms with Gasteiger partial charge in [-0.1, -0.05) is 66.8 Å². The van der Waals surface area contributed by atoms with Crippen molar-refractivity contribution in [3.63, 3.8) is 0 Å². The van der Waals surface area contributed by atoms with E-state index in [1.54, 1.807) is 11.0 Å². The van der Waals surface area contributed by atoms with Crippen LogP contribution < -0.4 is 10.6 Å². The van der Waals surface area contributed by atoms with Gasteiger partial charge in [0.1, 0.15) is 12.1 Å². The number of amides is 3. The van der Waals surface area contributed by atoms with Gasteiger partial charge in [0.05, 0.1) is 10.6 Å². The second-order valence-electron chi connectivity index (χ2n) is 8.64. The van der Waals surface area contributed by atoms with E-state index in [0.29, 0.717) is 36.0 Å². The average molecular weight is 525 g/mol. The fourth-order valence-corrected chi connectivity index (χ4v) is 4.75. The summed E-state index contributed by atoms with van der Waals surface area (Å²) in [5.74, 6) is -1.13. The third-order valence-corrected chi connectivity index (χ3v) is 6.80. The standard InChI is InChI=1S/C25H28Cl3N3O3/c1-15(2)22(30-23(32)18-10-9-17(26)14-20(18)28)25(34)31-13-5-8-21(31)24(33)29-12-11-16-6-3-4-7-19(16)27/h3-4,6-7,9-10,14-15,21-22H,5,8,11-13H2,1-2H3,(H,29,33)(H,30,32)/t21-,22-/m0/s1. The van der Waals surface area contributed by atoms with Crippen LogP contribution in [-0.4, -0.2) is 47.8 Å². The third-order valence-electron chi connectivity index (χ3n) is 5.89. The molecule has 2 atom stereocenters. The highest BCUT2D eigenvalue weighted by atomic mass is 35.5. The molecule has 0 spiro atoms. The molecule has 0 unspecified atom stereocenters. The first kappa shape index (κ1) is 26.3. The lowest BCUT2D eigenvalue weighted by atomic mass is 10.0. The van der Waals surface area contributed by atoms with Crippen molar-refractivity contribution in [1.82, 2.24) is 15.5 Å². The van der Waals surface area contributed by atoms with Crippen LogP contribution in [0.5, 0.6) is 0 Å². The van der Waals surface area contributed by atoms with Gasteiger partial charge in [-0.2, -0.15) is 0 Å². The Kier molecular flexibility index (Phi) is 9.23. The SMILES string of the molecule is CC(C)[C@H](NC(=O)c1ccc(Cl)cc1Cl)C(=O)N1CCC[C@H]1C(=O)NCCc1ccccc1Cl. The predicted molar refractivity (Wildman–Crippen MR) is 135 cm³/mol. The first-order valence-corrected chi connectivity index (χ1v) is 12.4. The van der Waals surface area contributed by atoms with Gasteiger partial charge in [0.2, 0.25) is 11.8 Å². The molecule has 1 saturated heterocycles. The van der Waals surface area contributed by atoms with Crippen molar-refractivity contribution in [3.05, 3.63) is 68.7 Å². The fraction of sp³-hybridized carbons (Fsp3) is 0.400. The van der Waals surface area contributed by atoms with Crippen LogP contribution >= 0.6 is 34.8 Å². The van der Waals surface area contributed by atoms with Crippen LogP contribution in [-0.2, 0) is 16.0 Å². The number of carbonyl (C=O) groups excluding carboxylic acids is 3. The number of halogens is 3. The van der Waals surface area contributed by atoms with Gasteiger partial charge in [-0.3, -0.25) is 14.4 Å². The predicted octanol–water partition coefficient (Wildman–Crippen LogP) is 4.75. The molecule has 0 bridgehead atoms. The van der Waals surface area contributed by atoms with Gasteiger partial charge in [0.15, 0.2) is 0 Å². The smallest absolute Gasteiger partial charge is 0.253 e. The topological polar surface area (TPSA) is 78.5 Å². The minimum Gasteiger partial charge on any atom is -0.354 e. The molecular formula is C25H28Cl3N3O3. The maximum Gasteiger partial charge on any atom is 0.253 e. The number of carbonyl (C=O) groups is 3. The van der Waals surface area contributed by atoms with Crippen LogP contribution in [0.4, 0.5) is 0 Å². The Hall–Kier alpha value is -2.28. The number of likely N-dealkylation sites (tertiary alicyclic amines) is 1. The summed E-state index contributed by atoms with van der Waals surface area (Å²) in [6.07, 6.45) is 1.89. The number of benzene rings is 2. The lowest BCUT2D eigenvalue weighted by Crippen LogP contribution is -2.55. The Morgan fingerprint density at radius 2 is 1.79 bits per heavy atom. The number of hydrogen-bond donors (Lipinski definition) is 2. The Morgan fingerprint density at radius 3 is 2.47 bits per heavy atom. The zero-order chi connectivity index (χ0) is 24.8.